The van der Waals surface area contributed by atoms with Gasteiger partial charge in [0.2, 0.25) is 11.8 Å². The highest BCUT2D eigenvalue weighted by atomic mass is 32.1. The molecule has 0 radical (unpaired) electrons. The fourth-order valence-electron chi connectivity index (χ4n) is 4.66. The Balaban J connectivity index is 1.75. The summed E-state index contributed by atoms with van der Waals surface area (Å²) in [7, 11) is 3.10. The summed E-state index contributed by atoms with van der Waals surface area (Å²) in [6, 6.07) is 12.0. The highest BCUT2D eigenvalue weighted by molar-refractivity contribution is 7.10. The smallest absolute Gasteiger partial charge is 0.247 e. The number of hydrogen-bond acceptors (Lipinski definition) is 6. The quantitative estimate of drug-likeness (QED) is 0.421. The molecular formula is C27H32N2O5S. The Bertz CT molecular complexity index is 1090. The molecule has 186 valence electrons. The van der Waals surface area contributed by atoms with Crippen LogP contribution in [0.4, 0.5) is 0 Å². The van der Waals surface area contributed by atoms with Crippen molar-refractivity contribution in [1.29, 1.82) is 0 Å². The monoisotopic (exact) mass is 496 g/mol. The van der Waals surface area contributed by atoms with Gasteiger partial charge >= 0.3 is 0 Å². The third kappa shape index (κ3) is 6.06. The average molecular weight is 497 g/mol. The number of thiophene rings is 1. The lowest BCUT2D eigenvalue weighted by Gasteiger charge is -2.33. The van der Waals surface area contributed by atoms with Crippen molar-refractivity contribution >= 4 is 23.2 Å². The number of carbonyl (C=O) groups is 2. The van der Waals surface area contributed by atoms with Gasteiger partial charge in [0, 0.05) is 16.5 Å². The molecule has 2 amide bonds. The number of rotatable bonds is 10. The molecule has 1 aromatic carbocycles. The Kier molecular flexibility index (Phi) is 8.47. The molecular weight excluding hydrogens is 464 g/mol. The predicted molar refractivity (Wildman–Crippen MR) is 135 cm³/mol. The molecule has 35 heavy (non-hydrogen) atoms. The van der Waals surface area contributed by atoms with E-state index in [9.17, 15) is 9.59 Å². The Hall–Kier alpha value is -3.26. The normalized spacial score (nSPS) is 14.8. The highest BCUT2D eigenvalue weighted by Crippen LogP contribution is 2.38. The van der Waals surface area contributed by atoms with Crippen LogP contribution in [0.1, 0.15) is 54.3 Å². The second-order valence-corrected chi connectivity index (χ2v) is 9.72. The summed E-state index contributed by atoms with van der Waals surface area (Å²) >= 11 is 1.52. The first-order chi connectivity index (χ1) is 17.1. The molecule has 8 heteroatoms. The van der Waals surface area contributed by atoms with Crippen molar-refractivity contribution in [3.8, 4) is 11.5 Å². The van der Waals surface area contributed by atoms with E-state index < -0.39 is 6.04 Å². The highest BCUT2D eigenvalue weighted by Gasteiger charge is 2.36. The number of furan rings is 1. The molecule has 0 aliphatic heterocycles. The van der Waals surface area contributed by atoms with Gasteiger partial charge in [0.1, 0.15) is 11.8 Å². The number of amides is 2. The number of carbonyl (C=O) groups excluding carboxylic acids is 2. The second-order valence-electron chi connectivity index (χ2n) is 8.69. The van der Waals surface area contributed by atoms with E-state index in [1.807, 2.05) is 35.7 Å². The van der Waals surface area contributed by atoms with Gasteiger partial charge in [0.25, 0.3) is 0 Å². The van der Waals surface area contributed by atoms with Gasteiger partial charge in [-0.1, -0.05) is 37.5 Å². The number of ether oxygens (including phenoxy) is 2. The Morgan fingerprint density at radius 1 is 1.09 bits per heavy atom. The molecule has 1 N–H and O–H groups in total. The van der Waals surface area contributed by atoms with Gasteiger partial charge in [-0.15, -0.1) is 11.3 Å². The van der Waals surface area contributed by atoms with Crippen molar-refractivity contribution in [1.82, 2.24) is 10.2 Å². The molecule has 4 rings (SSSR count). The molecule has 1 atom stereocenters. The van der Waals surface area contributed by atoms with E-state index in [1.54, 1.807) is 37.5 Å². The largest absolute Gasteiger partial charge is 0.493 e. The number of nitrogens with zero attached hydrogens (tertiary/aromatic N) is 1. The minimum Gasteiger partial charge on any atom is -0.493 e. The van der Waals surface area contributed by atoms with Gasteiger partial charge < -0.3 is 24.1 Å². The molecule has 1 fully saturated rings. The SMILES string of the molecule is COc1cccc([C@@H](C(=O)NC2CCCCC2)N(Cc2ccco2)C(=O)Cc2cccs2)c1OC. The number of nitrogens with one attached hydrogen (secondary N) is 1. The Morgan fingerprint density at radius 3 is 2.57 bits per heavy atom. The van der Waals surface area contributed by atoms with Crippen LogP contribution in [0.25, 0.3) is 0 Å². The number of hydrogen-bond donors (Lipinski definition) is 1. The van der Waals surface area contributed by atoms with Crippen LogP contribution in [0.15, 0.2) is 58.5 Å². The van der Waals surface area contributed by atoms with Gasteiger partial charge in [-0.25, -0.2) is 0 Å². The lowest BCUT2D eigenvalue weighted by molar-refractivity contribution is -0.141. The van der Waals surface area contributed by atoms with Crippen LogP contribution in [-0.4, -0.2) is 37.0 Å². The number of para-hydroxylation sites is 1. The van der Waals surface area contributed by atoms with Crippen LogP contribution >= 0.6 is 11.3 Å². The van der Waals surface area contributed by atoms with Gasteiger partial charge in [-0.05, 0) is 42.5 Å². The lowest BCUT2D eigenvalue weighted by atomic mass is 9.94. The summed E-state index contributed by atoms with van der Waals surface area (Å²) in [6.07, 6.45) is 7.00. The first-order valence-electron chi connectivity index (χ1n) is 12.0. The summed E-state index contributed by atoms with van der Waals surface area (Å²) in [5.74, 6) is 1.14. The Morgan fingerprint density at radius 2 is 1.91 bits per heavy atom. The predicted octanol–water partition coefficient (Wildman–Crippen LogP) is 5.12. The maximum atomic E-state index is 13.9. The van der Waals surface area contributed by atoms with E-state index in [0.717, 1.165) is 30.6 Å². The maximum absolute atomic E-state index is 13.9. The summed E-state index contributed by atoms with van der Waals surface area (Å²) in [4.78, 5) is 30.2. The van der Waals surface area contributed by atoms with Crippen molar-refractivity contribution in [2.75, 3.05) is 14.2 Å². The van der Waals surface area contributed by atoms with Crippen LogP contribution in [0.3, 0.4) is 0 Å². The van der Waals surface area contributed by atoms with Crippen LogP contribution in [-0.2, 0) is 22.6 Å². The summed E-state index contributed by atoms with van der Waals surface area (Å²) in [6.45, 7) is 0.153. The molecule has 1 saturated carbocycles. The third-order valence-electron chi connectivity index (χ3n) is 6.37. The fraction of sp³-hybridized carbons (Fsp3) is 0.407. The zero-order chi connectivity index (χ0) is 24.6. The van der Waals surface area contributed by atoms with Crippen LogP contribution < -0.4 is 14.8 Å². The maximum Gasteiger partial charge on any atom is 0.247 e. The van der Waals surface area contributed by atoms with E-state index in [2.05, 4.69) is 5.32 Å². The summed E-state index contributed by atoms with van der Waals surface area (Å²) in [5.41, 5.74) is 0.575. The minimum absolute atomic E-state index is 0.0909. The van der Waals surface area contributed by atoms with Gasteiger partial charge in [0.05, 0.1) is 33.4 Å². The zero-order valence-corrected chi connectivity index (χ0v) is 21.0. The molecule has 3 aromatic rings. The van der Waals surface area contributed by atoms with E-state index in [1.165, 1.54) is 17.8 Å². The van der Waals surface area contributed by atoms with Crippen molar-refractivity contribution in [3.63, 3.8) is 0 Å². The minimum atomic E-state index is -0.917. The van der Waals surface area contributed by atoms with Crippen molar-refractivity contribution in [3.05, 3.63) is 70.3 Å². The molecule has 0 saturated heterocycles. The molecule has 2 aromatic heterocycles. The molecule has 1 aliphatic carbocycles. The molecule has 2 heterocycles. The van der Waals surface area contributed by atoms with Gasteiger partial charge in [-0.3, -0.25) is 9.59 Å². The van der Waals surface area contributed by atoms with E-state index >= 15 is 0 Å². The molecule has 7 nitrogen and oxygen atoms in total. The third-order valence-corrected chi connectivity index (χ3v) is 7.25. The van der Waals surface area contributed by atoms with E-state index in [4.69, 9.17) is 13.9 Å². The van der Waals surface area contributed by atoms with Crippen LogP contribution in [0.5, 0.6) is 11.5 Å². The lowest BCUT2D eigenvalue weighted by Crippen LogP contribution is -2.47. The number of benzene rings is 1. The van der Waals surface area contributed by atoms with Crippen molar-refractivity contribution < 1.29 is 23.5 Å². The number of methoxy groups -OCH3 is 2. The molecule has 1 aliphatic rings. The molecule has 0 unspecified atom stereocenters. The topological polar surface area (TPSA) is 81.0 Å². The molecule has 0 spiro atoms. The Labute approximate surface area is 210 Å². The first-order valence-corrected chi connectivity index (χ1v) is 12.8. The van der Waals surface area contributed by atoms with E-state index in [0.29, 0.717) is 22.8 Å². The fourth-order valence-corrected chi connectivity index (χ4v) is 5.36. The van der Waals surface area contributed by atoms with Crippen molar-refractivity contribution in [2.45, 2.75) is 57.2 Å². The standard InChI is InChI=1S/C27H32N2O5S/c1-32-23-14-6-13-22(26(23)33-2)25(27(31)28-19-9-4-3-5-10-19)29(18-20-11-7-15-34-20)24(30)17-21-12-8-16-35-21/h6-8,11-16,19,25H,3-5,9-10,17-18H2,1-2H3,(H,28,31)/t25-/m0/s1. The van der Waals surface area contributed by atoms with Crippen molar-refractivity contribution in [2.24, 2.45) is 0 Å². The summed E-state index contributed by atoms with van der Waals surface area (Å²) < 4.78 is 16.8. The van der Waals surface area contributed by atoms with Crippen LogP contribution in [0.2, 0.25) is 0 Å². The summed E-state index contributed by atoms with van der Waals surface area (Å²) in [5, 5.41) is 5.17. The average Bonchev–Trinajstić information content (AvgIpc) is 3.58. The van der Waals surface area contributed by atoms with Crippen LogP contribution in [0, 0.1) is 0 Å². The van der Waals surface area contributed by atoms with Gasteiger partial charge in [0.15, 0.2) is 11.5 Å². The van der Waals surface area contributed by atoms with Gasteiger partial charge in [-0.2, -0.15) is 0 Å². The molecule has 0 bridgehead atoms. The zero-order valence-electron chi connectivity index (χ0n) is 20.2. The second kappa shape index (κ2) is 11.9. The first kappa shape index (κ1) is 24.9. The van der Waals surface area contributed by atoms with E-state index in [-0.39, 0.29) is 30.8 Å².